The minimum absolute atomic E-state index is 0.467. The van der Waals surface area contributed by atoms with E-state index >= 15 is 0 Å². The maximum absolute atomic E-state index is 2.54. The summed E-state index contributed by atoms with van der Waals surface area (Å²) in [6.07, 6.45) is 9.40. The summed E-state index contributed by atoms with van der Waals surface area (Å²) in [5, 5.41) is 0. The van der Waals surface area contributed by atoms with Gasteiger partial charge in [-0.25, -0.2) is 0 Å². The van der Waals surface area contributed by atoms with E-state index < -0.39 is 0 Å². The van der Waals surface area contributed by atoms with E-state index in [-0.39, 0.29) is 0 Å². The molecule has 4 atom stereocenters. The highest BCUT2D eigenvalue weighted by atomic mass is 31.1. The van der Waals surface area contributed by atoms with Crippen LogP contribution in [0.2, 0.25) is 0 Å². The van der Waals surface area contributed by atoms with Crippen molar-refractivity contribution in [1.82, 2.24) is 0 Å². The zero-order chi connectivity index (χ0) is 7.68. The summed E-state index contributed by atoms with van der Waals surface area (Å²) >= 11 is 0. The molecule has 64 valence electrons. The minimum Gasteiger partial charge on any atom is -0.118 e. The normalized spacial score (nSPS) is 47.2. The van der Waals surface area contributed by atoms with Crippen molar-refractivity contribution in [3.63, 3.8) is 0 Å². The quantitative estimate of drug-likeness (QED) is 0.554. The molecule has 2 rings (SSSR count). The maximum atomic E-state index is 2.54. The zero-order valence-electron chi connectivity index (χ0n) is 7.34. The average Bonchev–Trinajstić information content (AvgIpc) is 2.55. The molecule has 0 aromatic heterocycles. The van der Waals surface area contributed by atoms with Gasteiger partial charge in [0.25, 0.3) is 0 Å². The van der Waals surface area contributed by atoms with Crippen LogP contribution in [0.25, 0.3) is 0 Å². The van der Waals surface area contributed by atoms with E-state index in [9.17, 15) is 0 Å². The second-order valence-corrected chi connectivity index (χ2v) is 8.17. The Hall–Kier alpha value is 0.860. The summed E-state index contributed by atoms with van der Waals surface area (Å²) in [6.45, 7) is 2.54. The Labute approximate surface area is 73.1 Å². The van der Waals surface area contributed by atoms with E-state index in [1.54, 1.807) is 38.0 Å². The molecule has 2 heteroatoms. The Morgan fingerprint density at radius 3 is 2.73 bits per heavy atom. The molecule has 2 heterocycles. The SMILES string of the molecule is CP1CCCC1C1CCCP1. The van der Waals surface area contributed by atoms with Gasteiger partial charge in [0.05, 0.1) is 0 Å². The Morgan fingerprint density at radius 2 is 2.18 bits per heavy atom. The fourth-order valence-corrected chi connectivity index (χ4v) is 7.59. The van der Waals surface area contributed by atoms with Gasteiger partial charge in [-0.15, -0.1) is 16.5 Å². The number of rotatable bonds is 1. The first kappa shape index (κ1) is 8.46. The molecule has 0 bridgehead atoms. The summed E-state index contributed by atoms with van der Waals surface area (Å²) in [4.78, 5) is 0. The lowest BCUT2D eigenvalue weighted by Crippen LogP contribution is -2.13. The Bertz CT molecular complexity index is 130. The van der Waals surface area contributed by atoms with Gasteiger partial charge in [0.15, 0.2) is 0 Å². The van der Waals surface area contributed by atoms with Crippen molar-refractivity contribution >= 4 is 16.5 Å². The number of hydrogen-bond donors (Lipinski definition) is 0. The summed E-state index contributed by atoms with van der Waals surface area (Å²) in [5.41, 5.74) is 2.39. The van der Waals surface area contributed by atoms with E-state index in [0.717, 1.165) is 0 Å². The van der Waals surface area contributed by atoms with Gasteiger partial charge in [0.2, 0.25) is 0 Å². The molecule has 2 saturated heterocycles. The summed E-state index contributed by atoms with van der Waals surface area (Å²) in [7, 11) is 1.80. The molecule has 0 aromatic carbocycles. The maximum Gasteiger partial charge on any atom is -0.0146 e. The van der Waals surface area contributed by atoms with Gasteiger partial charge >= 0.3 is 0 Å². The molecule has 2 fully saturated rings. The van der Waals surface area contributed by atoms with Crippen LogP contribution in [0.5, 0.6) is 0 Å². The van der Waals surface area contributed by atoms with Gasteiger partial charge in [0, 0.05) is 0 Å². The topological polar surface area (TPSA) is 0 Å². The summed E-state index contributed by atoms with van der Waals surface area (Å²) in [6, 6.07) is 0. The highest BCUT2D eigenvalue weighted by Crippen LogP contribution is 2.54. The molecule has 0 aromatic rings. The Kier molecular flexibility index (Phi) is 2.86. The first-order chi connectivity index (χ1) is 5.38. The molecule has 2 aliphatic heterocycles. The molecular weight excluding hydrogens is 170 g/mol. The number of hydrogen-bond acceptors (Lipinski definition) is 0. The minimum atomic E-state index is 0.467. The highest BCUT2D eigenvalue weighted by molar-refractivity contribution is 7.59. The van der Waals surface area contributed by atoms with Gasteiger partial charge in [-0.05, 0) is 56.0 Å². The van der Waals surface area contributed by atoms with Crippen LogP contribution in [0.3, 0.4) is 0 Å². The average molecular weight is 188 g/mol. The molecule has 0 spiro atoms. The van der Waals surface area contributed by atoms with E-state index in [2.05, 4.69) is 6.66 Å². The van der Waals surface area contributed by atoms with E-state index in [4.69, 9.17) is 0 Å². The third kappa shape index (κ3) is 1.78. The molecule has 0 saturated carbocycles. The summed E-state index contributed by atoms with van der Waals surface area (Å²) < 4.78 is 0. The predicted molar refractivity (Wildman–Crippen MR) is 56.9 cm³/mol. The lowest BCUT2D eigenvalue weighted by molar-refractivity contribution is 0.697. The smallest absolute Gasteiger partial charge is 0.0146 e. The largest absolute Gasteiger partial charge is 0.118 e. The van der Waals surface area contributed by atoms with E-state index in [1.807, 2.05) is 0 Å². The monoisotopic (exact) mass is 188 g/mol. The van der Waals surface area contributed by atoms with Crippen molar-refractivity contribution in [3.8, 4) is 0 Å². The first-order valence-corrected chi connectivity index (χ1v) is 8.14. The van der Waals surface area contributed by atoms with Crippen LogP contribution in [0.1, 0.15) is 25.7 Å². The molecule has 0 N–H and O–H groups in total. The van der Waals surface area contributed by atoms with Crippen molar-refractivity contribution in [2.45, 2.75) is 37.0 Å². The lowest BCUT2D eigenvalue weighted by atomic mass is 10.1. The Balaban J connectivity index is 1.92. The fraction of sp³-hybridized carbons (Fsp3) is 1.00. The van der Waals surface area contributed by atoms with Crippen molar-refractivity contribution in [2.24, 2.45) is 0 Å². The molecule has 11 heavy (non-hydrogen) atoms. The highest BCUT2D eigenvalue weighted by Gasteiger charge is 2.31. The zero-order valence-corrected chi connectivity index (χ0v) is 9.24. The molecule has 4 unspecified atom stereocenters. The first-order valence-electron chi connectivity index (χ1n) is 4.81. The van der Waals surface area contributed by atoms with Crippen LogP contribution in [-0.2, 0) is 0 Å². The van der Waals surface area contributed by atoms with Gasteiger partial charge < -0.3 is 0 Å². The van der Waals surface area contributed by atoms with Crippen LogP contribution in [0, 0.1) is 0 Å². The van der Waals surface area contributed by atoms with Gasteiger partial charge in [-0.3, -0.25) is 0 Å². The third-order valence-corrected chi connectivity index (χ3v) is 8.05. The fourth-order valence-electron chi connectivity index (χ4n) is 2.48. The van der Waals surface area contributed by atoms with Crippen molar-refractivity contribution in [3.05, 3.63) is 0 Å². The van der Waals surface area contributed by atoms with Crippen molar-refractivity contribution in [2.75, 3.05) is 19.0 Å². The third-order valence-electron chi connectivity index (χ3n) is 3.14. The van der Waals surface area contributed by atoms with Gasteiger partial charge in [-0.2, -0.15) is 0 Å². The second-order valence-electron chi connectivity index (χ2n) is 3.89. The van der Waals surface area contributed by atoms with Crippen LogP contribution < -0.4 is 0 Å². The van der Waals surface area contributed by atoms with Crippen LogP contribution in [0.15, 0.2) is 0 Å². The molecular formula is C9H18P2. The van der Waals surface area contributed by atoms with Crippen LogP contribution >= 0.6 is 16.5 Å². The standard InChI is InChI=1S/C9H18P2/c1-11-7-3-5-9(11)8-4-2-6-10-8/h8-10H,2-7H2,1H3. The molecule has 0 nitrogen and oxygen atoms in total. The second kappa shape index (κ2) is 3.71. The summed E-state index contributed by atoms with van der Waals surface area (Å²) in [5.74, 6) is 0. The van der Waals surface area contributed by atoms with E-state index in [1.165, 1.54) is 19.9 Å². The predicted octanol–water partition coefficient (Wildman–Crippen LogP) is 3.10. The van der Waals surface area contributed by atoms with Crippen molar-refractivity contribution in [1.29, 1.82) is 0 Å². The Morgan fingerprint density at radius 1 is 1.27 bits per heavy atom. The van der Waals surface area contributed by atoms with Gasteiger partial charge in [0.1, 0.15) is 0 Å². The van der Waals surface area contributed by atoms with Gasteiger partial charge in [-0.1, -0.05) is 0 Å². The van der Waals surface area contributed by atoms with Crippen LogP contribution in [0.4, 0.5) is 0 Å². The molecule has 0 amide bonds. The van der Waals surface area contributed by atoms with Crippen LogP contribution in [-0.4, -0.2) is 30.3 Å². The lowest BCUT2D eigenvalue weighted by Gasteiger charge is -2.22. The molecule has 0 radical (unpaired) electrons. The van der Waals surface area contributed by atoms with E-state index in [0.29, 0.717) is 7.92 Å². The molecule has 2 aliphatic rings. The molecule has 0 aliphatic carbocycles. The van der Waals surface area contributed by atoms with Crippen molar-refractivity contribution < 1.29 is 0 Å².